The van der Waals surface area contributed by atoms with Crippen molar-refractivity contribution in [1.29, 1.82) is 0 Å². The van der Waals surface area contributed by atoms with Gasteiger partial charge in [-0.25, -0.2) is 9.59 Å². The molecule has 0 heterocycles. The highest BCUT2D eigenvalue weighted by Gasteiger charge is 2.19. The summed E-state index contributed by atoms with van der Waals surface area (Å²) in [4.78, 5) is 29.0. The van der Waals surface area contributed by atoms with Crippen LogP contribution < -0.4 is 0 Å². The number of hydrogen-bond acceptors (Lipinski definition) is 6. The predicted molar refractivity (Wildman–Crippen MR) is 103 cm³/mol. The summed E-state index contributed by atoms with van der Waals surface area (Å²) >= 11 is 0. The summed E-state index contributed by atoms with van der Waals surface area (Å²) in [5, 5.41) is 0. The number of carbonyl (C=O) groups excluding carboxylic acids is 2. The first-order valence-electron chi connectivity index (χ1n) is 9.45. The molecule has 0 aliphatic heterocycles. The van der Waals surface area contributed by atoms with Gasteiger partial charge in [-0.15, -0.1) is 0 Å². The Morgan fingerprint density at radius 1 is 0.731 bits per heavy atom. The summed E-state index contributed by atoms with van der Waals surface area (Å²) in [6.45, 7) is 13.8. The van der Waals surface area contributed by atoms with Gasteiger partial charge in [0.25, 0.3) is 0 Å². The predicted octanol–water partition coefficient (Wildman–Crippen LogP) is 2.68. The minimum Gasteiger partial charge on any atom is -0.461 e. The van der Waals surface area contributed by atoms with Crippen molar-refractivity contribution in [3.63, 3.8) is 0 Å². The Morgan fingerprint density at radius 3 is 1.38 bits per heavy atom. The van der Waals surface area contributed by atoms with E-state index < -0.39 is 11.9 Å². The summed E-state index contributed by atoms with van der Waals surface area (Å²) < 4.78 is 10.7. The van der Waals surface area contributed by atoms with Gasteiger partial charge in [0.2, 0.25) is 0 Å². The Balaban J connectivity index is 2.62. The highest BCUT2D eigenvalue weighted by molar-refractivity contribution is 6.03. The van der Waals surface area contributed by atoms with Gasteiger partial charge in [0.05, 0.1) is 11.1 Å². The second-order valence-electron chi connectivity index (χ2n) is 5.87. The lowest BCUT2D eigenvalue weighted by Gasteiger charge is -2.18. The minimum atomic E-state index is -0.492. The maximum absolute atomic E-state index is 12.3. The van der Waals surface area contributed by atoms with Crippen molar-refractivity contribution in [3.05, 3.63) is 35.4 Å². The van der Waals surface area contributed by atoms with Crippen LogP contribution in [0.3, 0.4) is 0 Å². The fourth-order valence-corrected chi connectivity index (χ4v) is 2.61. The molecule has 6 nitrogen and oxygen atoms in total. The third-order valence-electron chi connectivity index (χ3n) is 4.44. The number of ether oxygens (including phenoxy) is 2. The maximum Gasteiger partial charge on any atom is 0.339 e. The lowest BCUT2D eigenvalue weighted by Crippen LogP contribution is -2.29. The molecule has 0 atom stereocenters. The Bertz CT molecular complexity index is 505. The molecule has 6 heteroatoms. The zero-order valence-electron chi connectivity index (χ0n) is 16.5. The second-order valence-corrected chi connectivity index (χ2v) is 5.87. The molecular formula is C20H32N2O4. The second kappa shape index (κ2) is 12.4. The van der Waals surface area contributed by atoms with Gasteiger partial charge in [-0.2, -0.15) is 0 Å². The molecule has 0 aromatic heterocycles. The molecule has 0 spiro atoms. The van der Waals surface area contributed by atoms with Crippen LogP contribution in [0.5, 0.6) is 0 Å². The van der Waals surface area contributed by atoms with Crippen molar-refractivity contribution < 1.29 is 19.1 Å². The first kappa shape index (κ1) is 22.1. The first-order valence-corrected chi connectivity index (χ1v) is 9.45. The van der Waals surface area contributed by atoms with Crippen LogP contribution in [-0.4, -0.2) is 74.2 Å². The van der Waals surface area contributed by atoms with Crippen molar-refractivity contribution >= 4 is 11.9 Å². The molecule has 0 N–H and O–H groups in total. The fourth-order valence-electron chi connectivity index (χ4n) is 2.61. The van der Waals surface area contributed by atoms with Gasteiger partial charge in [0, 0.05) is 13.1 Å². The van der Waals surface area contributed by atoms with Crippen LogP contribution >= 0.6 is 0 Å². The topological polar surface area (TPSA) is 59.1 Å². The Kier molecular flexibility index (Phi) is 10.6. The smallest absolute Gasteiger partial charge is 0.339 e. The van der Waals surface area contributed by atoms with Crippen LogP contribution in [0.2, 0.25) is 0 Å². The minimum absolute atomic E-state index is 0.250. The van der Waals surface area contributed by atoms with E-state index in [0.29, 0.717) is 26.3 Å². The molecular weight excluding hydrogens is 332 g/mol. The number of nitrogens with zero attached hydrogens (tertiary/aromatic N) is 2. The normalized spacial score (nSPS) is 11.0. The van der Waals surface area contributed by atoms with Gasteiger partial charge in [-0.05, 0) is 38.3 Å². The molecule has 1 rings (SSSR count). The Hall–Kier alpha value is -1.92. The highest BCUT2D eigenvalue weighted by atomic mass is 16.5. The average Bonchev–Trinajstić information content (AvgIpc) is 2.68. The molecule has 0 unspecified atom stereocenters. The highest BCUT2D eigenvalue weighted by Crippen LogP contribution is 2.12. The Labute approximate surface area is 157 Å². The molecule has 0 radical (unpaired) electrons. The Morgan fingerprint density at radius 2 is 1.08 bits per heavy atom. The maximum atomic E-state index is 12.3. The monoisotopic (exact) mass is 364 g/mol. The number of carbonyl (C=O) groups is 2. The molecule has 0 aliphatic rings. The van der Waals surface area contributed by atoms with Crippen molar-refractivity contribution in [3.8, 4) is 0 Å². The molecule has 146 valence electrons. The van der Waals surface area contributed by atoms with Gasteiger partial charge in [-0.1, -0.05) is 39.8 Å². The number of rotatable bonds is 12. The van der Waals surface area contributed by atoms with Crippen LogP contribution in [0.15, 0.2) is 24.3 Å². The SMILES string of the molecule is CCN(CC)CCOC(=O)c1ccccc1C(=O)OCCN(CC)CC. The van der Waals surface area contributed by atoms with E-state index in [9.17, 15) is 9.59 Å². The van der Waals surface area contributed by atoms with Crippen LogP contribution in [0, 0.1) is 0 Å². The number of likely N-dealkylation sites (N-methyl/N-ethyl adjacent to an activating group) is 2. The first-order chi connectivity index (χ1) is 12.6. The molecule has 0 fully saturated rings. The van der Waals surface area contributed by atoms with Crippen molar-refractivity contribution in [2.24, 2.45) is 0 Å². The molecule has 0 aliphatic carbocycles. The van der Waals surface area contributed by atoms with Gasteiger partial charge in [0.15, 0.2) is 0 Å². The van der Waals surface area contributed by atoms with Crippen molar-refractivity contribution in [1.82, 2.24) is 9.80 Å². The van der Waals surface area contributed by atoms with Crippen LogP contribution in [0.25, 0.3) is 0 Å². The summed E-state index contributed by atoms with van der Waals surface area (Å²) in [7, 11) is 0. The standard InChI is InChI=1S/C20H32N2O4/c1-5-21(6-2)13-15-25-19(23)17-11-9-10-12-18(17)20(24)26-16-14-22(7-3)8-4/h9-12H,5-8,13-16H2,1-4H3. The summed E-state index contributed by atoms with van der Waals surface area (Å²) in [6.07, 6.45) is 0. The van der Waals surface area contributed by atoms with E-state index in [-0.39, 0.29) is 11.1 Å². The molecule has 26 heavy (non-hydrogen) atoms. The van der Waals surface area contributed by atoms with Gasteiger partial charge in [-0.3, -0.25) is 0 Å². The van der Waals surface area contributed by atoms with Gasteiger partial charge in [0.1, 0.15) is 13.2 Å². The number of hydrogen-bond donors (Lipinski definition) is 0. The number of benzene rings is 1. The van der Waals surface area contributed by atoms with Crippen LogP contribution in [0.4, 0.5) is 0 Å². The lowest BCUT2D eigenvalue weighted by molar-refractivity contribution is 0.0420. The van der Waals surface area contributed by atoms with E-state index in [0.717, 1.165) is 26.2 Å². The van der Waals surface area contributed by atoms with E-state index in [1.165, 1.54) is 0 Å². The number of esters is 2. The van der Waals surface area contributed by atoms with E-state index in [2.05, 4.69) is 37.5 Å². The quantitative estimate of drug-likeness (QED) is 0.532. The summed E-state index contributed by atoms with van der Waals surface area (Å²) in [6, 6.07) is 6.63. The van der Waals surface area contributed by atoms with E-state index in [1.54, 1.807) is 24.3 Å². The third kappa shape index (κ3) is 7.14. The fraction of sp³-hybridized carbons (Fsp3) is 0.600. The molecule has 0 amide bonds. The van der Waals surface area contributed by atoms with Crippen LogP contribution in [-0.2, 0) is 9.47 Å². The zero-order valence-corrected chi connectivity index (χ0v) is 16.5. The van der Waals surface area contributed by atoms with Crippen molar-refractivity contribution in [2.75, 3.05) is 52.5 Å². The summed E-state index contributed by atoms with van der Waals surface area (Å²) in [5.74, 6) is -0.984. The largest absolute Gasteiger partial charge is 0.461 e. The van der Waals surface area contributed by atoms with Gasteiger partial charge < -0.3 is 19.3 Å². The molecule has 0 bridgehead atoms. The third-order valence-corrected chi connectivity index (χ3v) is 4.44. The van der Waals surface area contributed by atoms with E-state index in [1.807, 2.05) is 0 Å². The molecule has 1 aromatic rings. The molecule has 1 aromatic carbocycles. The van der Waals surface area contributed by atoms with Gasteiger partial charge >= 0.3 is 11.9 Å². The van der Waals surface area contributed by atoms with E-state index >= 15 is 0 Å². The molecule has 0 saturated carbocycles. The van der Waals surface area contributed by atoms with E-state index in [4.69, 9.17) is 9.47 Å². The average molecular weight is 364 g/mol. The summed E-state index contributed by atoms with van der Waals surface area (Å²) in [5.41, 5.74) is 0.500. The molecule has 0 saturated heterocycles. The van der Waals surface area contributed by atoms with Crippen molar-refractivity contribution in [2.45, 2.75) is 27.7 Å². The van der Waals surface area contributed by atoms with Crippen LogP contribution in [0.1, 0.15) is 48.4 Å². The zero-order chi connectivity index (χ0) is 19.4. The lowest BCUT2D eigenvalue weighted by atomic mass is 10.1.